The van der Waals surface area contributed by atoms with Crippen LogP contribution in [-0.4, -0.2) is 27.8 Å². The number of halogens is 1. The number of nitrogens with zero attached hydrogens (tertiary/aromatic N) is 1. The van der Waals surface area contributed by atoms with Gasteiger partial charge in [0.25, 0.3) is 0 Å². The molecule has 0 aliphatic rings. The van der Waals surface area contributed by atoms with Gasteiger partial charge in [-0.3, -0.25) is 4.79 Å². The number of nitrogens with one attached hydrogen (secondary N) is 2. The minimum Gasteiger partial charge on any atom is -0.484 e. The van der Waals surface area contributed by atoms with Crippen molar-refractivity contribution in [1.29, 1.82) is 0 Å². The Hall–Kier alpha value is -2.51. The van der Waals surface area contributed by atoms with Crippen molar-refractivity contribution in [1.82, 2.24) is 15.5 Å². The summed E-state index contributed by atoms with van der Waals surface area (Å²) in [5, 5.41) is 17.0. The molecule has 3 aromatic rings. The van der Waals surface area contributed by atoms with E-state index in [0.29, 0.717) is 23.1 Å². The number of hydrogen-bond acceptors (Lipinski definition) is 5. The minimum absolute atomic E-state index is 0.181. The van der Waals surface area contributed by atoms with E-state index in [1.165, 1.54) is 0 Å². The lowest BCUT2D eigenvalue weighted by Crippen LogP contribution is -2.30. The molecule has 0 aliphatic carbocycles. The van der Waals surface area contributed by atoms with Crippen LogP contribution in [0.2, 0.25) is 5.02 Å². The van der Waals surface area contributed by atoms with Crippen molar-refractivity contribution >= 4 is 28.4 Å². The molecule has 1 amide bonds. The fourth-order valence-corrected chi connectivity index (χ4v) is 2.70. The van der Waals surface area contributed by atoms with Gasteiger partial charge in [-0.25, -0.2) is 0 Å². The van der Waals surface area contributed by atoms with Crippen LogP contribution < -0.4 is 10.1 Å². The maximum atomic E-state index is 11.8. The molecule has 1 atom stereocenters. The summed E-state index contributed by atoms with van der Waals surface area (Å²) in [6, 6.07) is 7.32. The number of aromatic nitrogens is 2. The van der Waals surface area contributed by atoms with Gasteiger partial charge in [0.1, 0.15) is 12.4 Å². The lowest BCUT2D eigenvalue weighted by Gasteiger charge is -2.08. The molecule has 0 fully saturated rings. The molecule has 2 heterocycles. The van der Waals surface area contributed by atoms with Gasteiger partial charge in [0.2, 0.25) is 5.91 Å². The zero-order valence-electron chi connectivity index (χ0n) is 14.5. The van der Waals surface area contributed by atoms with E-state index in [0.717, 1.165) is 22.3 Å². The SMILES string of the molecule is Cc1cc(COc2cc3[nH]c(CNC(=O)C(C)CO)cc3cc2Cl)on1. The Bertz CT molecular complexity index is 918. The summed E-state index contributed by atoms with van der Waals surface area (Å²) in [5.41, 5.74) is 2.46. The van der Waals surface area contributed by atoms with Gasteiger partial charge in [0.05, 0.1) is 29.8 Å². The number of ether oxygens (including phenoxy) is 1. The first kappa shape index (κ1) is 18.3. The molecule has 0 saturated heterocycles. The first-order valence-corrected chi connectivity index (χ1v) is 8.58. The fraction of sp³-hybridized carbons (Fsp3) is 0.333. The van der Waals surface area contributed by atoms with Crippen LogP contribution >= 0.6 is 11.6 Å². The molecule has 0 saturated carbocycles. The van der Waals surface area contributed by atoms with Gasteiger partial charge >= 0.3 is 0 Å². The third kappa shape index (κ3) is 4.17. The molecule has 26 heavy (non-hydrogen) atoms. The number of aliphatic hydroxyl groups excluding tert-OH is 1. The summed E-state index contributed by atoms with van der Waals surface area (Å²) >= 11 is 6.29. The van der Waals surface area contributed by atoms with Gasteiger partial charge in [-0.2, -0.15) is 0 Å². The van der Waals surface area contributed by atoms with E-state index >= 15 is 0 Å². The predicted octanol–water partition coefficient (Wildman–Crippen LogP) is 2.94. The molecule has 3 N–H and O–H groups in total. The molecule has 0 aliphatic heterocycles. The number of carbonyl (C=O) groups excluding carboxylic acids is 1. The van der Waals surface area contributed by atoms with Crippen LogP contribution in [-0.2, 0) is 17.9 Å². The van der Waals surface area contributed by atoms with Gasteiger partial charge in [0.15, 0.2) is 5.76 Å². The second kappa shape index (κ2) is 7.80. The minimum atomic E-state index is -0.437. The highest BCUT2D eigenvalue weighted by molar-refractivity contribution is 6.32. The van der Waals surface area contributed by atoms with Gasteiger partial charge in [-0.1, -0.05) is 23.7 Å². The summed E-state index contributed by atoms with van der Waals surface area (Å²) in [7, 11) is 0. The average molecular weight is 378 g/mol. The first-order chi connectivity index (χ1) is 12.5. The molecule has 1 aromatic carbocycles. The summed E-state index contributed by atoms with van der Waals surface area (Å²) in [5.74, 6) is 0.509. The summed E-state index contributed by atoms with van der Waals surface area (Å²) in [4.78, 5) is 15.0. The Balaban J connectivity index is 1.70. The Morgan fingerprint density at radius 2 is 2.23 bits per heavy atom. The zero-order valence-corrected chi connectivity index (χ0v) is 15.3. The van der Waals surface area contributed by atoms with Gasteiger partial charge in [0, 0.05) is 28.7 Å². The average Bonchev–Trinajstić information content (AvgIpc) is 3.22. The number of carbonyl (C=O) groups is 1. The molecule has 8 heteroatoms. The number of rotatable bonds is 7. The van der Waals surface area contributed by atoms with E-state index in [4.69, 9.17) is 26.0 Å². The number of aromatic amines is 1. The maximum absolute atomic E-state index is 11.8. The lowest BCUT2D eigenvalue weighted by atomic mass is 10.2. The summed E-state index contributed by atoms with van der Waals surface area (Å²) in [6.07, 6.45) is 0. The Morgan fingerprint density at radius 3 is 2.92 bits per heavy atom. The number of fused-ring (bicyclic) bond motifs is 1. The summed E-state index contributed by atoms with van der Waals surface area (Å²) in [6.45, 7) is 3.89. The molecule has 2 aromatic heterocycles. The van der Waals surface area contributed by atoms with Gasteiger partial charge < -0.3 is 24.7 Å². The third-order valence-corrected chi connectivity index (χ3v) is 4.25. The van der Waals surface area contributed by atoms with Crippen LogP contribution in [0.4, 0.5) is 0 Å². The van der Waals surface area contributed by atoms with E-state index in [9.17, 15) is 4.79 Å². The van der Waals surface area contributed by atoms with Gasteiger partial charge in [-0.15, -0.1) is 0 Å². The molecule has 3 rings (SSSR count). The normalized spacial score (nSPS) is 12.3. The highest BCUT2D eigenvalue weighted by Crippen LogP contribution is 2.31. The molecular weight excluding hydrogens is 358 g/mol. The van der Waals surface area contributed by atoms with Crippen molar-refractivity contribution < 1.29 is 19.2 Å². The largest absolute Gasteiger partial charge is 0.484 e. The number of benzene rings is 1. The standard InChI is InChI=1S/C18H20ClN3O4/c1-10(8-23)18(24)20-7-13-4-12-5-15(19)17(6-16(12)21-13)25-9-14-3-11(2)22-26-14/h3-6,10,21,23H,7-9H2,1-2H3,(H,20,24). The number of hydrogen-bond donors (Lipinski definition) is 3. The first-order valence-electron chi connectivity index (χ1n) is 8.21. The highest BCUT2D eigenvalue weighted by Gasteiger charge is 2.13. The number of aliphatic hydroxyl groups is 1. The Labute approximate surface area is 155 Å². The van der Waals surface area contributed by atoms with Crippen LogP contribution in [0.1, 0.15) is 24.1 Å². The maximum Gasteiger partial charge on any atom is 0.225 e. The van der Waals surface area contributed by atoms with Crippen LogP contribution in [0, 0.1) is 12.8 Å². The van der Waals surface area contributed by atoms with Crippen LogP contribution in [0.3, 0.4) is 0 Å². The predicted molar refractivity (Wildman–Crippen MR) is 97.0 cm³/mol. The number of amides is 1. The van der Waals surface area contributed by atoms with Crippen molar-refractivity contribution in [3.63, 3.8) is 0 Å². The quantitative estimate of drug-likeness (QED) is 0.587. The monoisotopic (exact) mass is 377 g/mol. The molecule has 138 valence electrons. The molecule has 7 nitrogen and oxygen atoms in total. The van der Waals surface area contributed by atoms with Crippen molar-refractivity contribution in [2.75, 3.05) is 6.61 Å². The molecule has 0 spiro atoms. The van der Waals surface area contributed by atoms with Crippen molar-refractivity contribution in [2.24, 2.45) is 5.92 Å². The number of H-pyrrole nitrogens is 1. The van der Waals surface area contributed by atoms with E-state index in [1.807, 2.05) is 19.1 Å². The van der Waals surface area contributed by atoms with E-state index in [-0.39, 0.29) is 19.1 Å². The van der Waals surface area contributed by atoms with Crippen LogP contribution in [0.15, 0.2) is 28.8 Å². The second-order valence-electron chi connectivity index (χ2n) is 6.19. The van der Waals surface area contributed by atoms with Crippen molar-refractivity contribution in [2.45, 2.75) is 27.0 Å². The van der Waals surface area contributed by atoms with E-state index in [1.54, 1.807) is 19.1 Å². The van der Waals surface area contributed by atoms with E-state index < -0.39 is 5.92 Å². The fourth-order valence-electron chi connectivity index (χ4n) is 2.47. The molecule has 0 radical (unpaired) electrons. The second-order valence-corrected chi connectivity index (χ2v) is 6.60. The highest BCUT2D eigenvalue weighted by atomic mass is 35.5. The Morgan fingerprint density at radius 1 is 1.42 bits per heavy atom. The summed E-state index contributed by atoms with van der Waals surface area (Å²) < 4.78 is 10.8. The van der Waals surface area contributed by atoms with Crippen molar-refractivity contribution in [3.05, 3.63) is 46.4 Å². The smallest absolute Gasteiger partial charge is 0.225 e. The molecule has 1 unspecified atom stereocenters. The van der Waals surface area contributed by atoms with Crippen LogP contribution in [0.25, 0.3) is 10.9 Å². The van der Waals surface area contributed by atoms with Crippen LogP contribution in [0.5, 0.6) is 5.75 Å². The van der Waals surface area contributed by atoms with Crippen molar-refractivity contribution in [3.8, 4) is 5.75 Å². The molecule has 0 bridgehead atoms. The zero-order chi connectivity index (χ0) is 18.7. The topological polar surface area (TPSA) is 100 Å². The van der Waals surface area contributed by atoms with Gasteiger partial charge in [-0.05, 0) is 19.1 Å². The Kier molecular flexibility index (Phi) is 5.49. The lowest BCUT2D eigenvalue weighted by molar-refractivity contribution is -0.125. The third-order valence-electron chi connectivity index (χ3n) is 3.95. The van der Waals surface area contributed by atoms with E-state index in [2.05, 4.69) is 15.5 Å². The number of aryl methyl sites for hydroxylation is 1. The molecular formula is C18H20ClN3O4.